The number of H-pyrrole nitrogens is 1. The summed E-state index contributed by atoms with van der Waals surface area (Å²) >= 11 is 2.28. The lowest BCUT2D eigenvalue weighted by Crippen LogP contribution is -2.57. The predicted octanol–water partition coefficient (Wildman–Crippen LogP) is 9.20. The van der Waals surface area contributed by atoms with Crippen molar-refractivity contribution in [3.8, 4) is 22.3 Å². The molecule has 12 nitrogen and oxygen atoms in total. The summed E-state index contributed by atoms with van der Waals surface area (Å²) in [4.78, 5) is 28.7. The number of nitrogens with one attached hydrogen (secondary N) is 1. The van der Waals surface area contributed by atoms with Gasteiger partial charge in [-0.2, -0.15) is 0 Å². The van der Waals surface area contributed by atoms with E-state index < -0.39 is 11.2 Å². The average molecular weight is 858 g/mol. The molecule has 2 saturated carbocycles. The minimum Gasteiger partial charge on any atom is -0.443 e. The Bertz CT molecular complexity index is 2430. The number of aromatic nitrogens is 6. The first-order valence-corrected chi connectivity index (χ1v) is 20.6. The van der Waals surface area contributed by atoms with Gasteiger partial charge in [0.1, 0.15) is 39.9 Å². The van der Waals surface area contributed by atoms with Crippen LogP contribution in [0.15, 0.2) is 33.3 Å². The number of aryl methyl sites for hydroxylation is 4. The van der Waals surface area contributed by atoms with Crippen LogP contribution in [0.5, 0.6) is 0 Å². The summed E-state index contributed by atoms with van der Waals surface area (Å²) in [6.45, 7) is 16.2. The van der Waals surface area contributed by atoms with Gasteiger partial charge in [0.05, 0.1) is 27.9 Å². The summed E-state index contributed by atoms with van der Waals surface area (Å²) in [5.74, 6) is 4.60. The van der Waals surface area contributed by atoms with E-state index in [1.54, 1.807) is 4.57 Å². The fourth-order valence-corrected chi connectivity index (χ4v) is 9.44. The number of carbonyl (C=O) groups excluding carboxylic acids is 1. The largest absolute Gasteiger partial charge is 0.443 e. The highest BCUT2D eigenvalue weighted by Crippen LogP contribution is 2.47. The lowest BCUT2D eigenvalue weighted by Gasteiger charge is -2.50. The van der Waals surface area contributed by atoms with Gasteiger partial charge in [-0.1, -0.05) is 10.3 Å². The van der Waals surface area contributed by atoms with Crippen LogP contribution in [0.3, 0.4) is 0 Å². The van der Waals surface area contributed by atoms with Crippen LogP contribution < -0.4 is 0 Å². The lowest BCUT2D eigenvalue weighted by atomic mass is 9.71. The summed E-state index contributed by atoms with van der Waals surface area (Å²) in [5, 5.41) is 20.1. The number of fused-ring (bicyclic) bond motifs is 5. The van der Waals surface area contributed by atoms with Gasteiger partial charge < -0.3 is 28.8 Å². The van der Waals surface area contributed by atoms with Crippen molar-refractivity contribution in [2.45, 2.75) is 110 Å². The van der Waals surface area contributed by atoms with E-state index in [9.17, 15) is 9.90 Å². The molecule has 6 aromatic rings. The van der Waals surface area contributed by atoms with E-state index in [0.29, 0.717) is 24.3 Å². The Morgan fingerprint density at radius 1 is 0.873 bits per heavy atom. The number of hydrogen-bond donors (Lipinski definition) is 2. The third-order valence-corrected chi connectivity index (χ3v) is 12.5. The van der Waals surface area contributed by atoms with Crippen LogP contribution in [-0.2, 0) is 10.3 Å². The first kappa shape index (κ1) is 36.6. The van der Waals surface area contributed by atoms with E-state index in [4.69, 9.17) is 23.8 Å². The van der Waals surface area contributed by atoms with Crippen LogP contribution in [0.4, 0.5) is 4.79 Å². The Balaban J connectivity index is 0.000000144. The van der Waals surface area contributed by atoms with Gasteiger partial charge in [0.25, 0.3) is 0 Å². The van der Waals surface area contributed by atoms with Gasteiger partial charge in [0.2, 0.25) is 0 Å². The van der Waals surface area contributed by atoms with Crippen LogP contribution in [0.2, 0.25) is 0 Å². The number of halogens is 1. The van der Waals surface area contributed by atoms with Gasteiger partial charge in [-0.15, -0.1) is 0 Å². The van der Waals surface area contributed by atoms with E-state index in [1.165, 1.54) is 12.8 Å². The molecule has 7 heterocycles. The van der Waals surface area contributed by atoms with Crippen LogP contribution >= 0.6 is 22.6 Å². The third-order valence-electron chi connectivity index (χ3n) is 11.7. The molecule has 0 radical (unpaired) electrons. The second-order valence-electron chi connectivity index (χ2n) is 17.1. The number of piperidine rings is 3. The van der Waals surface area contributed by atoms with Gasteiger partial charge in [0.15, 0.2) is 0 Å². The summed E-state index contributed by atoms with van der Waals surface area (Å²) in [6.07, 6.45) is 6.23. The molecular weight excluding hydrogens is 809 g/mol. The number of benzene rings is 2. The molecule has 3 saturated heterocycles. The second-order valence-corrected chi connectivity index (χ2v) is 18.2. The minimum absolute atomic E-state index is 0.293. The van der Waals surface area contributed by atoms with Gasteiger partial charge in [-0.05, 0) is 164 Å². The van der Waals surface area contributed by atoms with Crippen molar-refractivity contribution >= 4 is 50.8 Å². The third kappa shape index (κ3) is 6.59. The van der Waals surface area contributed by atoms with E-state index in [1.807, 2.05) is 54.5 Å². The fraction of sp³-hybridized carbons (Fsp3) is 0.500. The highest BCUT2D eigenvalue weighted by atomic mass is 127. The number of imidazole rings is 2. The fourth-order valence-electron chi connectivity index (χ4n) is 8.71. The molecule has 1 atom stereocenters. The molecule has 2 aromatic carbocycles. The van der Waals surface area contributed by atoms with E-state index >= 15 is 0 Å². The highest BCUT2D eigenvalue weighted by molar-refractivity contribution is 14.1. The van der Waals surface area contributed by atoms with E-state index in [2.05, 4.69) is 61.0 Å². The smallest absolute Gasteiger partial charge is 0.420 e. The Morgan fingerprint density at radius 2 is 1.49 bits per heavy atom. The molecule has 2 aliphatic carbocycles. The Labute approximate surface area is 333 Å². The zero-order valence-electron chi connectivity index (χ0n) is 32.5. The van der Waals surface area contributed by atoms with E-state index in [-0.39, 0.29) is 6.09 Å². The van der Waals surface area contributed by atoms with Crippen LogP contribution in [0, 0.1) is 37.2 Å². The van der Waals surface area contributed by atoms with Crippen molar-refractivity contribution in [2.24, 2.45) is 5.92 Å². The predicted molar refractivity (Wildman–Crippen MR) is 217 cm³/mol. The van der Waals surface area contributed by atoms with Gasteiger partial charge in [-0.25, -0.2) is 19.3 Å². The first-order chi connectivity index (χ1) is 26.2. The Morgan fingerprint density at radius 3 is 2.02 bits per heavy atom. The Kier molecular flexibility index (Phi) is 8.81. The molecule has 5 fully saturated rings. The standard InChI is InChI=1S/C22H26N4O2.C20H22IN3O3/c1-12-19(13(2)28-25-12)15-9-17(22(27)11-26-7-5-16(22)6-8-26)20-18(10-15)23-21(24-20)14-3-4-14;1-10-16(11(2)27-23-10)13-8-14(21)17-15(9-13)24(18(22-17)12-6-7-12)19(25)26-20(3,4)5/h9-10,14,16,27H,3-8,11H2,1-2H3,(H,23,24);8-9,12H,6-7H2,1-5H3. The summed E-state index contributed by atoms with van der Waals surface area (Å²) in [7, 11) is 0. The maximum atomic E-state index is 13.0. The number of nitrogens with zero attached hydrogens (tertiary/aromatic N) is 6. The Hall–Kier alpha value is -4.08. The molecule has 4 aromatic heterocycles. The van der Waals surface area contributed by atoms with Crippen molar-refractivity contribution in [2.75, 3.05) is 19.6 Å². The van der Waals surface area contributed by atoms with E-state index in [0.717, 1.165) is 127 Å². The van der Waals surface area contributed by atoms with Crippen molar-refractivity contribution in [1.82, 2.24) is 34.7 Å². The molecule has 0 spiro atoms. The van der Waals surface area contributed by atoms with Gasteiger partial charge in [-0.3, -0.25) is 0 Å². The summed E-state index contributed by atoms with van der Waals surface area (Å²) in [6, 6.07) is 8.36. The molecule has 11 rings (SSSR count). The zero-order chi connectivity index (χ0) is 38.6. The van der Waals surface area contributed by atoms with Crippen molar-refractivity contribution in [3.05, 3.63) is 68.0 Å². The second kappa shape index (κ2) is 13.3. The van der Waals surface area contributed by atoms with Crippen molar-refractivity contribution in [3.63, 3.8) is 0 Å². The molecule has 55 heavy (non-hydrogen) atoms. The molecule has 1 unspecified atom stereocenters. The number of rotatable bonds is 5. The molecule has 0 amide bonds. The average Bonchev–Trinajstić information content (AvgIpc) is 4.02. The molecule has 5 aliphatic rings. The quantitative estimate of drug-likeness (QED) is 0.161. The van der Waals surface area contributed by atoms with Crippen LogP contribution in [0.1, 0.15) is 111 Å². The topological polar surface area (TPSA) is 148 Å². The van der Waals surface area contributed by atoms with Crippen molar-refractivity contribution < 1.29 is 23.7 Å². The maximum Gasteiger partial charge on any atom is 0.420 e. The summed E-state index contributed by atoms with van der Waals surface area (Å²) in [5.41, 5.74) is 8.82. The zero-order valence-corrected chi connectivity index (χ0v) is 34.7. The number of aromatic amines is 1. The number of ether oxygens (including phenoxy) is 1. The maximum absolute atomic E-state index is 13.0. The van der Waals surface area contributed by atoms with Gasteiger partial charge in [0, 0.05) is 38.6 Å². The minimum atomic E-state index is -0.847. The molecule has 3 aliphatic heterocycles. The summed E-state index contributed by atoms with van der Waals surface area (Å²) < 4.78 is 19.1. The molecule has 13 heteroatoms. The number of aliphatic hydroxyl groups is 1. The SMILES string of the molecule is Cc1noc(C)c1-c1cc(C2(O)CN3CCC2CC3)c2nc(C3CC3)[nH]c2c1.Cc1noc(C)c1-c1cc(I)c2nc(C3CC3)n(C(=O)OC(C)(C)C)c2c1. The number of hydrogen-bond acceptors (Lipinski definition) is 10. The normalized spacial score (nSPS) is 22.3. The highest BCUT2D eigenvalue weighted by Gasteiger charge is 2.48. The van der Waals surface area contributed by atoms with Gasteiger partial charge >= 0.3 is 6.09 Å². The molecule has 2 bridgehead atoms. The molecule has 2 N–H and O–H groups in total. The van der Waals surface area contributed by atoms with Crippen molar-refractivity contribution in [1.29, 1.82) is 0 Å². The number of carbonyl (C=O) groups is 1. The molecule has 288 valence electrons. The lowest BCUT2D eigenvalue weighted by molar-refractivity contribution is -0.116. The first-order valence-electron chi connectivity index (χ1n) is 19.5. The van der Waals surface area contributed by atoms with Crippen LogP contribution in [-0.4, -0.2) is 71.2 Å². The monoisotopic (exact) mass is 857 g/mol. The molecular formula is C42H48IN7O5. The van der Waals surface area contributed by atoms with Crippen LogP contribution in [0.25, 0.3) is 44.3 Å².